The second-order valence-electron chi connectivity index (χ2n) is 2.38. The van der Waals surface area contributed by atoms with Gasteiger partial charge in [-0.25, -0.2) is 0 Å². The molecule has 0 aromatic carbocycles. The lowest BCUT2D eigenvalue weighted by molar-refractivity contribution is -0.141. The molecule has 0 unspecified atom stereocenters. The lowest BCUT2D eigenvalue weighted by atomic mass is 10.3. The maximum Gasteiger partial charge on any atom is 0.325 e. The fraction of sp³-hybridized carbons (Fsp3) is 0.714. The molecule has 1 atom stereocenters. The largest absolute Gasteiger partial charge is 0.480 e. The quantitative estimate of drug-likeness (QED) is 0.697. The van der Waals surface area contributed by atoms with Gasteiger partial charge in [0.2, 0.25) is 5.91 Å². The highest BCUT2D eigenvalue weighted by atomic mass is 35.5. The molecular weight excluding hydrogens is 182 g/mol. The van der Waals surface area contributed by atoms with E-state index in [0.29, 0.717) is 6.42 Å². The van der Waals surface area contributed by atoms with Crippen LogP contribution in [0.15, 0.2) is 0 Å². The first-order chi connectivity index (χ1) is 5.07. The molecule has 5 heteroatoms. The summed E-state index contributed by atoms with van der Waals surface area (Å²) < 4.78 is 0. The van der Waals surface area contributed by atoms with Gasteiger partial charge >= 0.3 is 5.97 Å². The Hall–Kier alpha value is -0.770. The van der Waals surface area contributed by atoms with E-state index in [-0.39, 0.29) is 18.3 Å². The lowest BCUT2D eigenvalue weighted by Gasteiger charge is -2.07. The lowest BCUT2D eigenvalue weighted by Crippen LogP contribution is -2.38. The van der Waals surface area contributed by atoms with Crippen LogP contribution in [0.2, 0.25) is 0 Å². The summed E-state index contributed by atoms with van der Waals surface area (Å²) in [7, 11) is 0. The molecule has 72 valence electrons. The Morgan fingerprint density at radius 1 is 1.50 bits per heavy atom. The maximum absolute atomic E-state index is 10.8. The van der Waals surface area contributed by atoms with Crippen LogP contribution in [0.25, 0.3) is 0 Å². The van der Waals surface area contributed by atoms with Crippen LogP contribution in [0.4, 0.5) is 0 Å². The standard InChI is InChI=1S/C7H13NO3.ClH/c1-3-4-6(9)8-5(2)7(10)11;/h5H,3-4H2,1-2H3,(H,8,9)(H,10,11);1H/t5-;/m0./s1. The van der Waals surface area contributed by atoms with E-state index in [1.807, 2.05) is 6.92 Å². The number of hydrogen-bond donors (Lipinski definition) is 2. The summed E-state index contributed by atoms with van der Waals surface area (Å²) >= 11 is 0. The van der Waals surface area contributed by atoms with E-state index in [1.54, 1.807) is 0 Å². The number of hydrogen-bond acceptors (Lipinski definition) is 2. The topological polar surface area (TPSA) is 66.4 Å². The van der Waals surface area contributed by atoms with Crippen molar-refractivity contribution < 1.29 is 14.7 Å². The maximum atomic E-state index is 10.8. The molecule has 0 bridgehead atoms. The van der Waals surface area contributed by atoms with Crippen molar-refractivity contribution in [3.63, 3.8) is 0 Å². The molecule has 1 amide bonds. The highest BCUT2D eigenvalue weighted by Gasteiger charge is 2.12. The van der Waals surface area contributed by atoms with Crippen LogP contribution in [-0.2, 0) is 9.59 Å². The van der Waals surface area contributed by atoms with Gasteiger partial charge in [0.05, 0.1) is 0 Å². The normalized spacial score (nSPS) is 11.2. The molecule has 0 rings (SSSR count). The Morgan fingerprint density at radius 2 is 2.00 bits per heavy atom. The molecular formula is C7H14ClNO3. The second-order valence-corrected chi connectivity index (χ2v) is 2.38. The average molecular weight is 196 g/mol. The Morgan fingerprint density at radius 3 is 2.33 bits per heavy atom. The zero-order valence-corrected chi connectivity index (χ0v) is 7.98. The Kier molecular flexibility index (Phi) is 7.94. The number of rotatable bonds is 4. The van der Waals surface area contributed by atoms with Crippen molar-refractivity contribution >= 4 is 24.3 Å². The van der Waals surface area contributed by atoms with Crippen LogP contribution < -0.4 is 5.32 Å². The molecule has 4 nitrogen and oxygen atoms in total. The third-order valence-corrected chi connectivity index (χ3v) is 1.22. The summed E-state index contributed by atoms with van der Waals surface area (Å²) in [6, 6.07) is -0.783. The predicted molar refractivity (Wildman–Crippen MR) is 47.4 cm³/mol. The van der Waals surface area contributed by atoms with E-state index in [2.05, 4.69) is 5.32 Å². The molecule has 0 aromatic heterocycles. The molecule has 0 aliphatic rings. The number of aliphatic carboxylic acids is 1. The fourth-order valence-electron chi connectivity index (χ4n) is 0.602. The van der Waals surface area contributed by atoms with Crippen molar-refractivity contribution in [2.24, 2.45) is 0 Å². The molecule has 0 radical (unpaired) electrons. The molecule has 0 saturated heterocycles. The third kappa shape index (κ3) is 5.97. The Bertz CT molecular complexity index is 161. The number of amides is 1. The number of halogens is 1. The first kappa shape index (κ1) is 13.8. The number of nitrogens with one attached hydrogen (secondary N) is 1. The first-order valence-electron chi connectivity index (χ1n) is 3.60. The third-order valence-electron chi connectivity index (χ3n) is 1.22. The van der Waals surface area contributed by atoms with Gasteiger partial charge in [0, 0.05) is 6.42 Å². The van der Waals surface area contributed by atoms with Crippen LogP contribution in [0, 0.1) is 0 Å². The first-order valence-corrected chi connectivity index (χ1v) is 3.60. The minimum Gasteiger partial charge on any atom is -0.480 e. The van der Waals surface area contributed by atoms with Crippen LogP contribution in [0.3, 0.4) is 0 Å². The van der Waals surface area contributed by atoms with Gasteiger partial charge in [-0.05, 0) is 13.3 Å². The number of carbonyl (C=O) groups excluding carboxylic acids is 1. The van der Waals surface area contributed by atoms with E-state index < -0.39 is 12.0 Å². The van der Waals surface area contributed by atoms with Gasteiger partial charge in [-0.2, -0.15) is 0 Å². The Labute approximate surface area is 77.7 Å². The summed E-state index contributed by atoms with van der Waals surface area (Å²) in [6.45, 7) is 3.31. The molecule has 0 aromatic rings. The van der Waals surface area contributed by atoms with Crippen molar-refractivity contribution in [2.75, 3.05) is 0 Å². The van der Waals surface area contributed by atoms with Crippen LogP contribution in [0.1, 0.15) is 26.7 Å². The van der Waals surface area contributed by atoms with Crippen molar-refractivity contribution in [3.05, 3.63) is 0 Å². The van der Waals surface area contributed by atoms with Gasteiger partial charge < -0.3 is 10.4 Å². The molecule has 0 aliphatic carbocycles. The average Bonchev–Trinajstić information content (AvgIpc) is 1.87. The van der Waals surface area contributed by atoms with Gasteiger partial charge in [0.1, 0.15) is 6.04 Å². The summed E-state index contributed by atoms with van der Waals surface area (Å²) in [5, 5.41) is 10.7. The van der Waals surface area contributed by atoms with Gasteiger partial charge in [-0.3, -0.25) is 9.59 Å². The number of carboxylic acids is 1. The fourth-order valence-corrected chi connectivity index (χ4v) is 0.602. The number of carboxylic acid groups (broad SMARTS) is 1. The summed E-state index contributed by atoms with van der Waals surface area (Å²) in [5.41, 5.74) is 0. The van der Waals surface area contributed by atoms with Gasteiger partial charge in [0.25, 0.3) is 0 Å². The van der Waals surface area contributed by atoms with Crippen molar-refractivity contribution in [2.45, 2.75) is 32.7 Å². The van der Waals surface area contributed by atoms with Crippen molar-refractivity contribution in [1.82, 2.24) is 5.32 Å². The Balaban J connectivity index is 0. The van der Waals surface area contributed by atoms with Crippen LogP contribution in [-0.4, -0.2) is 23.0 Å². The van der Waals surface area contributed by atoms with E-state index in [1.165, 1.54) is 6.92 Å². The highest BCUT2D eigenvalue weighted by molar-refractivity contribution is 5.85. The minimum absolute atomic E-state index is 0. The van der Waals surface area contributed by atoms with Gasteiger partial charge in [-0.15, -0.1) is 12.4 Å². The van der Waals surface area contributed by atoms with Crippen molar-refractivity contribution in [3.8, 4) is 0 Å². The molecule has 12 heavy (non-hydrogen) atoms. The highest BCUT2D eigenvalue weighted by Crippen LogP contribution is 1.88. The van der Waals surface area contributed by atoms with Gasteiger partial charge in [-0.1, -0.05) is 6.92 Å². The van der Waals surface area contributed by atoms with Crippen LogP contribution >= 0.6 is 12.4 Å². The van der Waals surface area contributed by atoms with E-state index in [4.69, 9.17) is 5.11 Å². The predicted octanol–water partition coefficient (Wildman–Crippen LogP) is 0.798. The minimum atomic E-state index is -1.01. The summed E-state index contributed by atoms with van der Waals surface area (Å²) in [6.07, 6.45) is 1.12. The molecule has 0 saturated carbocycles. The molecule has 0 aliphatic heterocycles. The van der Waals surface area contributed by atoms with E-state index in [0.717, 1.165) is 6.42 Å². The molecule has 0 heterocycles. The molecule has 2 N–H and O–H groups in total. The second kappa shape index (κ2) is 6.91. The zero-order chi connectivity index (χ0) is 8.85. The van der Waals surface area contributed by atoms with Crippen LogP contribution in [0.5, 0.6) is 0 Å². The summed E-state index contributed by atoms with van der Waals surface area (Å²) in [5.74, 6) is -1.21. The number of carbonyl (C=O) groups is 2. The van der Waals surface area contributed by atoms with Gasteiger partial charge in [0.15, 0.2) is 0 Å². The smallest absolute Gasteiger partial charge is 0.325 e. The zero-order valence-electron chi connectivity index (χ0n) is 7.16. The molecule has 0 spiro atoms. The molecule has 0 fully saturated rings. The summed E-state index contributed by atoms with van der Waals surface area (Å²) in [4.78, 5) is 21.0. The van der Waals surface area contributed by atoms with E-state index >= 15 is 0 Å². The van der Waals surface area contributed by atoms with Crippen molar-refractivity contribution in [1.29, 1.82) is 0 Å². The monoisotopic (exact) mass is 195 g/mol. The SMILES string of the molecule is CCCC(=O)N[C@@H](C)C(=O)O.Cl. The van der Waals surface area contributed by atoms with E-state index in [9.17, 15) is 9.59 Å².